The van der Waals surface area contributed by atoms with Crippen molar-refractivity contribution >= 4 is 5.82 Å². The van der Waals surface area contributed by atoms with Crippen LogP contribution in [0.15, 0.2) is 24.3 Å². The van der Waals surface area contributed by atoms with E-state index in [1.807, 2.05) is 6.07 Å². The molecule has 0 saturated carbocycles. The van der Waals surface area contributed by atoms with Crippen LogP contribution in [0.4, 0.5) is 10.2 Å². The highest BCUT2D eigenvalue weighted by molar-refractivity contribution is 5.46. The van der Waals surface area contributed by atoms with Crippen molar-refractivity contribution in [2.24, 2.45) is 5.84 Å². The number of hydrazine groups is 1. The largest absolute Gasteiger partial charge is 0.376 e. The van der Waals surface area contributed by atoms with E-state index < -0.39 is 0 Å². The average molecular weight is 274 g/mol. The molecule has 0 atom stereocenters. The molecule has 1 aromatic carbocycles. The van der Waals surface area contributed by atoms with Gasteiger partial charge in [0, 0.05) is 18.4 Å². The van der Waals surface area contributed by atoms with E-state index in [9.17, 15) is 4.39 Å². The van der Waals surface area contributed by atoms with Crippen molar-refractivity contribution in [3.8, 4) is 0 Å². The van der Waals surface area contributed by atoms with E-state index in [1.54, 1.807) is 6.07 Å². The van der Waals surface area contributed by atoms with Crippen LogP contribution in [0.1, 0.15) is 22.6 Å². The number of anilines is 1. The van der Waals surface area contributed by atoms with Gasteiger partial charge in [0.1, 0.15) is 17.5 Å². The number of nitrogens with two attached hydrogens (primary N) is 1. The lowest BCUT2D eigenvalue weighted by molar-refractivity contribution is 0.109. The summed E-state index contributed by atoms with van der Waals surface area (Å²) in [5, 5.41) is 0. The molecule has 1 aliphatic heterocycles. The molecule has 3 N–H and O–H groups in total. The maximum atomic E-state index is 13.2. The molecule has 3 rings (SSSR count). The predicted molar refractivity (Wildman–Crippen MR) is 72.4 cm³/mol. The van der Waals surface area contributed by atoms with Crippen molar-refractivity contribution in [2.75, 3.05) is 12.0 Å². The van der Waals surface area contributed by atoms with Crippen LogP contribution in [0.25, 0.3) is 0 Å². The molecule has 0 amide bonds. The Hall–Kier alpha value is -2.05. The Morgan fingerprint density at radius 3 is 3.05 bits per heavy atom. The third-order valence-electron chi connectivity index (χ3n) is 3.26. The van der Waals surface area contributed by atoms with E-state index in [1.165, 1.54) is 12.1 Å². The van der Waals surface area contributed by atoms with Gasteiger partial charge < -0.3 is 10.2 Å². The molecule has 0 spiro atoms. The molecule has 104 valence electrons. The van der Waals surface area contributed by atoms with Gasteiger partial charge in [-0.15, -0.1) is 0 Å². The summed E-state index contributed by atoms with van der Waals surface area (Å²) in [5.41, 5.74) is 5.27. The zero-order valence-corrected chi connectivity index (χ0v) is 10.9. The highest BCUT2D eigenvalue weighted by Gasteiger charge is 2.17. The Labute approximate surface area is 116 Å². The third-order valence-corrected chi connectivity index (χ3v) is 3.26. The minimum absolute atomic E-state index is 0.258. The molecule has 0 aliphatic carbocycles. The molecular weight excluding hydrogens is 259 g/mol. The number of aromatic nitrogens is 2. The lowest BCUT2D eigenvalue weighted by Crippen LogP contribution is -2.20. The van der Waals surface area contributed by atoms with E-state index in [2.05, 4.69) is 15.4 Å². The monoisotopic (exact) mass is 274 g/mol. The molecule has 0 radical (unpaired) electrons. The highest BCUT2D eigenvalue weighted by atomic mass is 19.1. The predicted octanol–water partition coefficient (Wildman–Crippen LogP) is 1.56. The smallest absolute Gasteiger partial charge is 0.149 e. The van der Waals surface area contributed by atoms with Gasteiger partial charge in [0.2, 0.25) is 0 Å². The van der Waals surface area contributed by atoms with Gasteiger partial charge in [0.15, 0.2) is 0 Å². The van der Waals surface area contributed by atoms with E-state index >= 15 is 0 Å². The van der Waals surface area contributed by atoms with Crippen molar-refractivity contribution in [3.05, 3.63) is 52.7 Å². The van der Waals surface area contributed by atoms with Crippen molar-refractivity contribution in [1.29, 1.82) is 0 Å². The fourth-order valence-corrected chi connectivity index (χ4v) is 2.31. The van der Waals surface area contributed by atoms with Gasteiger partial charge in [-0.1, -0.05) is 12.1 Å². The number of halogens is 1. The molecule has 2 heterocycles. The lowest BCUT2D eigenvalue weighted by Gasteiger charge is -2.19. The number of benzene rings is 1. The molecule has 0 unspecified atom stereocenters. The van der Waals surface area contributed by atoms with Crippen molar-refractivity contribution in [1.82, 2.24) is 9.97 Å². The highest BCUT2D eigenvalue weighted by Crippen LogP contribution is 2.22. The molecule has 1 aromatic heterocycles. The number of ether oxygens (including phenoxy) is 1. The van der Waals surface area contributed by atoms with Crippen LogP contribution in [0, 0.1) is 5.82 Å². The maximum Gasteiger partial charge on any atom is 0.149 e. The molecule has 1 aliphatic rings. The van der Waals surface area contributed by atoms with Crippen LogP contribution in [0.2, 0.25) is 0 Å². The fourth-order valence-electron chi connectivity index (χ4n) is 2.31. The number of nitrogens with zero attached hydrogens (tertiary/aromatic N) is 2. The summed E-state index contributed by atoms with van der Waals surface area (Å²) < 4.78 is 18.6. The van der Waals surface area contributed by atoms with Crippen LogP contribution in [-0.2, 0) is 24.2 Å². The standard InChI is InChI=1S/C14H15FN4O/c15-10-3-1-2-9(6-10)7-13-17-12-4-5-20-8-11(12)14(18-13)19-16/h1-3,6H,4-5,7-8,16H2,(H,17,18,19). The minimum atomic E-state index is -0.258. The van der Waals surface area contributed by atoms with Gasteiger partial charge in [0.25, 0.3) is 0 Å². The van der Waals surface area contributed by atoms with Crippen molar-refractivity contribution in [3.63, 3.8) is 0 Å². The zero-order chi connectivity index (χ0) is 13.9. The molecule has 0 saturated heterocycles. The molecule has 5 nitrogen and oxygen atoms in total. The molecule has 0 fully saturated rings. The second-order valence-electron chi connectivity index (χ2n) is 4.67. The average Bonchev–Trinajstić information content (AvgIpc) is 2.46. The van der Waals surface area contributed by atoms with E-state index in [4.69, 9.17) is 10.6 Å². The molecular formula is C14H15FN4O. The van der Waals surface area contributed by atoms with E-state index in [0.717, 1.165) is 23.2 Å². The number of rotatable bonds is 3. The first-order valence-electron chi connectivity index (χ1n) is 6.44. The number of hydrogen-bond donors (Lipinski definition) is 2. The Bertz CT molecular complexity index is 615. The van der Waals surface area contributed by atoms with Crippen molar-refractivity contribution < 1.29 is 9.13 Å². The quantitative estimate of drug-likeness (QED) is 0.656. The molecule has 0 bridgehead atoms. The summed E-state index contributed by atoms with van der Waals surface area (Å²) in [7, 11) is 0. The van der Waals surface area contributed by atoms with Gasteiger partial charge in [-0.25, -0.2) is 20.2 Å². The molecule has 6 heteroatoms. The number of hydrogen-bond acceptors (Lipinski definition) is 5. The SMILES string of the molecule is NNc1nc(Cc2cccc(F)c2)nc2c1COCC2. The first-order valence-corrected chi connectivity index (χ1v) is 6.44. The summed E-state index contributed by atoms with van der Waals surface area (Å²) >= 11 is 0. The normalized spacial score (nSPS) is 13.9. The topological polar surface area (TPSA) is 73.1 Å². The Morgan fingerprint density at radius 1 is 1.35 bits per heavy atom. The van der Waals surface area contributed by atoms with Crippen LogP contribution in [0.3, 0.4) is 0 Å². The summed E-state index contributed by atoms with van der Waals surface area (Å²) in [4.78, 5) is 8.92. The number of fused-ring (bicyclic) bond motifs is 1. The zero-order valence-electron chi connectivity index (χ0n) is 10.9. The fraction of sp³-hybridized carbons (Fsp3) is 0.286. The first-order chi connectivity index (χ1) is 9.76. The van der Waals surface area contributed by atoms with Crippen LogP contribution >= 0.6 is 0 Å². The second-order valence-corrected chi connectivity index (χ2v) is 4.67. The van der Waals surface area contributed by atoms with Gasteiger partial charge in [-0.05, 0) is 17.7 Å². The van der Waals surface area contributed by atoms with Gasteiger partial charge >= 0.3 is 0 Å². The van der Waals surface area contributed by atoms with E-state index in [0.29, 0.717) is 31.3 Å². The number of nitrogen functional groups attached to an aromatic ring is 1. The summed E-state index contributed by atoms with van der Waals surface area (Å²) in [6, 6.07) is 6.44. The van der Waals surface area contributed by atoms with Crippen molar-refractivity contribution in [2.45, 2.75) is 19.4 Å². The second kappa shape index (κ2) is 5.52. The minimum Gasteiger partial charge on any atom is -0.376 e. The molecule has 20 heavy (non-hydrogen) atoms. The lowest BCUT2D eigenvalue weighted by atomic mass is 10.1. The van der Waals surface area contributed by atoms with Gasteiger partial charge in [-0.2, -0.15) is 0 Å². The first kappa shape index (κ1) is 13.0. The van der Waals surface area contributed by atoms with Gasteiger partial charge in [-0.3, -0.25) is 0 Å². The summed E-state index contributed by atoms with van der Waals surface area (Å²) in [5.74, 6) is 6.46. The Morgan fingerprint density at radius 2 is 2.25 bits per heavy atom. The summed E-state index contributed by atoms with van der Waals surface area (Å²) in [6.07, 6.45) is 1.21. The van der Waals surface area contributed by atoms with Crippen LogP contribution < -0.4 is 11.3 Å². The van der Waals surface area contributed by atoms with Crippen LogP contribution in [0.5, 0.6) is 0 Å². The van der Waals surface area contributed by atoms with E-state index in [-0.39, 0.29) is 5.82 Å². The van der Waals surface area contributed by atoms with Gasteiger partial charge in [0.05, 0.1) is 18.9 Å². The third kappa shape index (κ3) is 2.61. The maximum absolute atomic E-state index is 13.2. The van der Waals surface area contributed by atoms with Crippen LogP contribution in [-0.4, -0.2) is 16.6 Å². The summed E-state index contributed by atoms with van der Waals surface area (Å²) in [6.45, 7) is 1.11. The Kier molecular flexibility index (Phi) is 3.58. The molecule has 2 aromatic rings. The number of nitrogens with one attached hydrogen (secondary N) is 1. The Balaban J connectivity index is 1.94.